The summed E-state index contributed by atoms with van der Waals surface area (Å²) in [5.41, 5.74) is -0.685. The predicted octanol–water partition coefficient (Wildman–Crippen LogP) is 3.70. The van der Waals surface area contributed by atoms with Crippen molar-refractivity contribution in [2.75, 3.05) is 5.32 Å². The van der Waals surface area contributed by atoms with Crippen molar-refractivity contribution >= 4 is 33.5 Å². The minimum Gasteiger partial charge on any atom is -0.478 e. The number of halogens is 4. The van der Waals surface area contributed by atoms with E-state index in [2.05, 4.69) is 31.2 Å². The topological polar surface area (TPSA) is 75.1 Å². The summed E-state index contributed by atoms with van der Waals surface area (Å²) >= 11 is 3.13. The predicted molar refractivity (Wildman–Crippen MR) is 71.4 cm³/mol. The van der Waals surface area contributed by atoms with Crippen molar-refractivity contribution < 1.29 is 23.1 Å². The molecule has 9 heteroatoms. The Morgan fingerprint density at radius 3 is 2.57 bits per heavy atom. The number of carboxylic acid groups (broad SMARTS) is 1. The molecule has 5 nitrogen and oxygen atoms in total. The van der Waals surface area contributed by atoms with E-state index >= 15 is 0 Å². The molecule has 0 saturated heterocycles. The fourth-order valence-corrected chi connectivity index (χ4v) is 1.92. The molecule has 110 valence electrons. The van der Waals surface area contributed by atoms with E-state index in [1.54, 1.807) is 0 Å². The highest BCUT2D eigenvalue weighted by Crippen LogP contribution is 2.29. The van der Waals surface area contributed by atoms with Crippen molar-refractivity contribution in [3.05, 3.63) is 46.2 Å². The summed E-state index contributed by atoms with van der Waals surface area (Å²) in [5, 5.41) is 11.4. The van der Waals surface area contributed by atoms with Gasteiger partial charge >= 0.3 is 12.1 Å². The number of benzene rings is 1. The van der Waals surface area contributed by atoms with Crippen LogP contribution in [-0.2, 0) is 6.18 Å². The Labute approximate surface area is 125 Å². The van der Waals surface area contributed by atoms with Crippen LogP contribution in [0.25, 0.3) is 0 Å². The molecule has 2 aromatic rings. The normalized spacial score (nSPS) is 11.2. The van der Waals surface area contributed by atoms with Gasteiger partial charge in [0.05, 0.1) is 11.3 Å². The van der Waals surface area contributed by atoms with Crippen molar-refractivity contribution in [2.45, 2.75) is 6.18 Å². The van der Waals surface area contributed by atoms with Crippen LogP contribution in [0.2, 0.25) is 0 Å². The van der Waals surface area contributed by atoms with Gasteiger partial charge in [0.1, 0.15) is 5.69 Å². The van der Waals surface area contributed by atoms with Crippen LogP contribution in [-0.4, -0.2) is 21.0 Å². The van der Waals surface area contributed by atoms with Crippen molar-refractivity contribution in [1.82, 2.24) is 9.97 Å². The van der Waals surface area contributed by atoms with Gasteiger partial charge in [0, 0.05) is 10.7 Å². The number of rotatable bonds is 3. The molecule has 1 aromatic heterocycles. The number of hydrogen-bond acceptors (Lipinski definition) is 4. The van der Waals surface area contributed by atoms with Crippen LogP contribution in [0, 0.1) is 0 Å². The average molecular weight is 362 g/mol. The molecule has 0 aliphatic carbocycles. The first-order valence-corrected chi connectivity index (χ1v) is 6.27. The van der Waals surface area contributed by atoms with E-state index in [1.165, 1.54) is 18.2 Å². The molecule has 0 bridgehead atoms. The van der Waals surface area contributed by atoms with Crippen LogP contribution in [0.4, 0.5) is 24.8 Å². The third-order valence-electron chi connectivity index (χ3n) is 2.41. The molecular weight excluding hydrogens is 355 g/mol. The largest absolute Gasteiger partial charge is 0.478 e. The Bertz CT molecular complexity index is 692. The number of nitrogens with one attached hydrogen (secondary N) is 1. The lowest BCUT2D eigenvalue weighted by Gasteiger charge is -2.10. The standard InChI is InChI=1S/C12H7BrF3N3O2/c13-7-5-6(10(20)21)1-2-8(7)18-11-17-4-3-9(19-11)12(14,15)16/h1-5H,(H,20,21)(H,17,18,19). The maximum absolute atomic E-state index is 12.5. The first kappa shape index (κ1) is 15.2. The molecule has 0 spiro atoms. The molecule has 2 rings (SSSR count). The fourth-order valence-electron chi connectivity index (χ4n) is 1.45. The minimum atomic E-state index is -4.57. The van der Waals surface area contributed by atoms with E-state index in [9.17, 15) is 18.0 Å². The van der Waals surface area contributed by atoms with Gasteiger partial charge in [-0.1, -0.05) is 0 Å². The van der Waals surface area contributed by atoms with Crippen LogP contribution in [0.15, 0.2) is 34.9 Å². The Kier molecular flexibility index (Phi) is 4.12. The van der Waals surface area contributed by atoms with Crippen molar-refractivity contribution in [2.24, 2.45) is 0 Å². The Morgan fingerprint density at radius 2 is 2.00 bits per heavy atom. The lowest BCUT2D eigenvalue weighted by molar-refractivity contribution is -0.141. The molecule has 1 aromatic carbocycles. The quantitative estimate of drug-likeness (QED) is 0.871. The van der Waals surface area contributed by atoms with Gasteiger partial charge in [0.2, 0.25) is 5.95 Å². The van der Waals surface area contributed by atoms with E-state index in [1.807, 2.05) is 0 Å². The summed E-state index contributed by atoms with van der Waals surface area (Å²) in [6.45, 7) is 0. The molecule has 0 atom stereocenters. The molecule has 0 unspecified atom stereocenters. The SMILES string of the molecule is O=C(O)c1ccc(Nc2nccc(C(F)(F)F)n2)c(Br)c1. The third kappa shape index (κ3) is 3.69. The number of aromatic nitrogens is 2. The second kappa shape index (κ2) is 5.68. The second-order valence-corrected chi connectivity index (χ2v) is 4.74. The number of nitrogens with zero attached hydrogens (tertiary/aromatic N) is 2. The maximum atomic E-state index is 12.5. The first-order chi connectivity index (χ1) is 9.77. The zero-order valence-corrected chi connectivity index (χ0v) is 11.7. The van der Waals surface area contributed by atoms with E-state index in [0.717, 1.165) is 12.3 Å². The van der Waals surface area contributed by atoms with Crippen molar-refractivity contribution in [3.63, 3.8) is 0 Å². The molecule has 21 heavy (non-hydrogen) atoms. The average Bonchev–Trinajstić information content (AvgIpc) is 2.40. The van der Waals surface area contributed by atoms with Crippen molar-refractivity contribution in [3.8, 4) is 0 Å². The van der Waals surface area contributed by atoms with Crippen LogP contribution >= 0.6 is 15.9 Å². The highest BCUT2D eigenvalue weighted by atomic mass is 79.9. The molecule has 0 aliphatic rings. The van der Waals surface area contributed by atoms with Gasteiger partial charge < -0.3 is 10.4 Å². The summed E-state index contributed by atoms with van der Waals surface area (Å²) < 4.78 is 38.0. The molecule has 0 radical (unpaired) electrons. The molecular formula is C12H7BrF3N3O2. The monoisotopic (exact) mass is 361 g/mol. The van der Waals surface area contributed by atoms with Gasteiger partial charge in [-0.25, -0.2) is 14.8 Å². The lowest BCUT2D eigenvalue weighted by atomic mass is 10.2. The zero-order chi connectivity index (χ0) is 15.6. The van der Waals surface area contributed by atoms with Gasteiger partial charge in [0.25, 0.3) is 0 Å². The second-order valence-electron chi connectivity index (χ2n) is 3.89. The molecule has 0 saturated carbocycles. The molecule has 0 amide bonds. The van der Waals surface area contributed by atoms with E-state index < -0.39 is 17.8 Å². The van der Waals surface area contributed by atoms with E-state index in [0.29, 0.717) is 10.2 Å². The summed E-state index contributed by atoms with van der Waals surface area (Å²) in [5.74, 6) is -1.36. The summed E-state index contributed by atoms with van der Waals surface area (Å²) in [7, 11) is 0. The first-order valence-electron chi connectivity index (χ1n) is 5.47. The van der Waals surface area contributed by atoms with Gasteiger partial charge in [0.15, 0.2) is 0 Å². The molecule has 1 heterocycles. The number of hydrogen-bond donors (Lipinski definition) is 2. The van der Waals surface area contributed by atoms with Gasteiger partial charge in [-0.3, -0.25) is 0 Å². The number of alkyl halides is 3. The maximum Gasteiger partial charge on any atom is 0.433 e. The molecule has 2 N–H and O–H groups in total. The van der Waals surface area contributed by atoms with Crippen molar-refractivity contribution in [1.29, 1.82) is 0 Å². The van der Waals surface area contributed by atoms with E-state index in [4.69, 9.17) is 5.11 Å². The van der Waals surface area contributed by atoms with Gasteiger partial charge in [-0.15, -0.1) is 0 Å². The lowest BCUT2D eigenvalue weighted by Crippen LogP contribution is -2.10. The zero-order valence-electron chi connectivity index (χ0n) is 10.1. The summed E-state index contributed by atoms with van der Waals surface area (Å²) in [4.78, 5) is 17.8. The molecule has 0 fully saturated rings. The van der Waals surface area contributed by atoms with E-state index in [-0.39, 0.29) is 11.5 Å². The van der Waals surface area contributed by atoms with Crippen LogP contribution < -0.4 is 5.32 Å². The number of carboxylic acids is 1. The Hall–Kier alpha value is -2.16. The highest BCUT2D eigenvalue weighted by Gasteiger charge is 2.32. The summed E-state index contributed by atoms with van der Waals surface area (Å²) in [6, 6.07) is 4.78. The minimum absolute atomic E-state index is 0.0392. The Balaban J connectivity index is 2.28. The summed E-state index contributed by atoms with van der Waals surface area (Å²) in [6.07, 6.45) is -3.58. The van der Waals surface area contributed by atoms with Crippen LogP contribution in [0.1, 0.15) is 16.1 Å². The third-order valence-corrected chi connectivity index (χ3v) is 3.06. The van der Waals surface area contributed by atoms with Crippen LogP contribution in [0.3, 0.4) is 0 Å². The van der Waals surface area contributed by atoms with Crippen LogP contribution in [0.5, 0.6) is 0 Å². The molecule has 0 aliphatic heterocycles. The van der Waals surface area contributed by atoms with Gasteiger partial charge in [-0.05, 0) is 40.2 Å². The van der Waals surface area contributed by atoms with Gasteiger partial charge in [-0.2, -0.15) is 13.2 Å². The smallest absolute Gasteiger partial charge is 0.433 e. The highest BCUT2D eigenvalue weighted by molar-refractivity contribution is 9.10. The Morgan fingerprint density at radius 1 is 1.29 bits per heavy atom. The number of carbonyl (C=O) groups is 1. The fraction of sp³-hybridized carbons (Fsp3) is 0.0833. The number of anilines is 2. The number of aromatic carboxylic acids is 1.